The molecule has 0 spiro atoms. The third-order valence-corrected chi connectivity index (χ3v) is 7.74. The lowest BCUT2D eigenvalue weighted by Gasteiger charge is -2.25. The highest BCUT2D eigenvalue weighted by atomic mass is 35.5. The standard InChI is InChI=1S/C24H31ClN6O2.C2HF3O2/c1-15(2)8-10-30-22(32)20-21(28(3)24(30)33)27-23(29-11-9-16-12-26-13-19(16)29)31(20)14-17-6-4-5-7-18(17)25;3-2(4,5)1(6)7/h4-7,15-16,19,26H,8-14H2,1-3H3;(H,6,7). The van der Waals surface area contributed by atoms with Crippen molar-refractivity contribution in [3.05, 3.63) is 55.7 Å². The van der Waals surface area contributed by atoms with Crippen molar-refractivity contribution < 1.29 is 23.1 Å². The van der Waals surface area contributed by atoms with E-state index in [1.54, 1.807) is 7.05 Å². The number of rotatable bonds is 6. The molecule has 40 heavy (non-hydrogen) atoms. The summed E-state index contributed by atoms with van der Waals surface area (Å²) in [4.78, 5) is 42.9. The van der Waals surface area contributed by atoms with Crippen molar-refractivity contribution in [1.82, 2.24) is 24.0 Å². The Labute approximate surface area is 233 Å². The predicted octanol–water partition coefficient (Wildman–Crippen LogP) is 3.08. The highest BCUT2D eigenvalue weighted by Gasteiger charge is 2.40. The number of nitrogens with one attached hydrogen (secondary N) is 1. The van der Waals surface area contributed by atoms with Gasteiger partial charge in [-0.2, -0.15) is 18.2 Å². The van der Waals surface area contributed by atoms with Gasteiger partial charge in [-0.25, -0.2) is 9.59 Å². The van der Waals surface area contributed by atoms with Crippen LogP contribution in [0, 0.1) is 11.8 Å². The molecule has 2 aliphatic rings. The van der Waals surface area contributed by atoms with Crippen LogP contribution in [0.1, 0.15) is 32.3 Å². The number of anilines is 1. The van der Waals surface area contributed by atoms with Crippen LogP contribution in [0.5, 0.6) is 0 Å². The van der Waals surface area contributed by atoms with Crippen molar-refractivity contribution in [1.29, 1.82) is 0 Å². The zero-order valence-electron chi connectivity index (χ0n) is 22.4. The lowest BCUT2D eigenvalue weighted by Crippen LogP contribution is -2.40. The smallest absolute Gasteiger partial charge is 0.475 e. The minimum absolute atomic E-state index is 0.278. The number of alkyl halides is 3. The second kappa shape index (κ2) is 11.7. The Morgan fingerprint density at radius 3 is 2.50 bits per heavy atom. The summed E-state index contributed by atoms with van der Waals surface area (Å²) < 4.78 is 36.6. The largest absolute Gasteiger partial charge is 0.490 e. The van der Waals surface area contributed by atoms with Gasteiger partial charge in [0.25, 0.3) is 5.56 Å². The normalized spacial score (nSPS) is 18.8. The van der Waals surface area contributed by atoms with Crippen molar-refractivity contribution in [3.8, 4) is 0 Å². The molecule has 2 aromatic heterocycles. The van der Waals surface area contributed by atoms with E-state index in [1.807, 2.05) is 28.8 Å². The summed E-state index contributed by atoms with van der Waals surface area (Å²) in [5.41, 5.74) is 1.22. The first-order valence-corrected chi connectivity index (χ1v) is 13.4. The Morgan fingerprint density at radius 1 is 1.20 bits per heavy atom. The van der Waals surface area contributed by atoms with Crippen molar-refractivity contribution in [2.45, 2.75) is 52.0 Å². The highest BCUT2D eigenvalue weighted by molar-refractivity contribution is 6.31. The average Bonchev–Trinajstić information content (AvgIpc) is 3.59. The molecule has 5 rings (SSSR count). The first kappa shape index (κ1) is 29.7. The van der Waals surface area contributed by atoms with Crippen LogP contribution in [0.4, 0.5) is 19.1 Å². The molecule has 0 radical (unpaired) electrons. The van der Waals surface area contributed by atoms with E-state index in [4.69, 9.17) is 26.5 Å². The van der Waals surface area contributed by atoms with Crippen LogP contribution in [0.2, 0.25) is 5.02 Å². The molecule has 1 aromatic carbocycles. The molecule has 2 fully saturated rings. The lowest BCUT2D eigenvalue weighted by molar-refractivity contribution is -0.192. The number of hydrogen-bond donors (Lipinski definition) is 2. The molecule has 3 aromatic rings. The van der Waals surface area contributed by atoms with Crippen LogP contribution in [-0.4, -0.2) is 61.6 Å². The SMILES string of the molecule is CC(C)CCn1c(=O)c2c(nc(N3CCC4CNCC43)n2Cc2ccccc2Cl)n(C)c1=O.O=C(O)C(F)(F)F. The van der Waals surface area contributed by atoms with Gasteiger partial charge in [0.15, 0.2) is 11.2 Å². The third kappa shape index (κ3) is 5.90. The maximum Gasteiger partial charge on any atom is 0.490 e. The molecule has 2 atom stereocenters. The van der Waals surface area contributed by atoms with Crippen molar-refractivity contribution in [2.75, 3.05) is 24.5 Å². The maximum atomic E-state index is 13.7. The number of fused-ring (bicyclic) bond motifs is 2. The molecule has 0 aliphatic carbocycles. The molecule has 2 N–H and O–H groups in total. The van der Waals surface area contributed by atoms with E-state index >= 15 is 0 Å². The summed E-state index contributed by atoms with van der Waals surface area (Å²) in [7, 11) is 1.70. The number of aryl methyl sites for hydroxylation is 1. The molecule has 0 bridgehead atoms. The number of carboxylic acids is 1. The van der Waals surface area contributed by atoms with E-state index in [2.05, 4.69) is 24.1 Å². The number of hydrogen-bond acceptors (Lipinski definition) is 6. The molecule has 0 saturated carbocycles. The summed E-state index contributed by atoms with van der Waals surface area (Å²) >= 11 is 6.51. The topological polar surface area (TPSA) is 114 Å². The number of carbonyl (C=O) groups is 1. The summed E-state index contributed by atoms with van der Waals surface area (Å²) in [5.74, 6) is -1.05. The predicted molar refractivity (Wildman–Crippen MR) is 145 cm³/mol. The van der Waals surface area contributed by atoms with Crippen LogP contribution in [-0.2, 0) is 24.9 Å². The number of aromatic nitrogens is 4. The van der Waals surface area contributed by atoms with E-state index in [0.717, 1.165) is 44.0 Å². The van der Waals surface area contributed by atoms with Gasteiger partial charge in [-0.1, -0.05) is 43.6 Å². The van der Waals surface area contributed by atoms with Gasteiger partial charge in [0, 0.05) is 44.3 Å². The number of aliphatic carboxylic acids is 1. The van der Waals surface area contributed by atoms with Crippen LogP contribution in [0.15, 0.2) is 33.9 Å². The molecular weight excluding hydrogens is 553 g/mol. The van der Waals surface area contributed by atoms with Crippen LogP contribution in [0.3, 0.4) is 0 Å². The quantitative estimate of drug-likeness (QED) is 0.458. The minimum Gasteiger partial charge on any atom is -0.475 e. The fourth-order valence-electron chi connectivity index (χ4n) is 5.21. The minimum atomic E-state index is -5.08. The number of carboxylic acid groups (broad SMARTS) is 1. The van der Waals surface area contributed by atoms with E-state index in [9.17, 15) is 22.8 Å². The van der Waals surface area contributed by atoms with Crippen LogP contribution < -0.4 is 21.5 Å². The zero-order valence-corrected chi connectivity index (χ0v) is 23.2. The van der Waals surface area contributed by atoms with Gasteiger partial charge in [-0.15, -0.1) is 0 Å². The summed E-state index contributed by atoms with van der Waals surface area (Å²) in [5, 5.41) is 11.3. The van der Waals surface area contributed by atoms with E-state index < -0.39 is 12.1 Å². The van der Waals surface area contributed by atoms with Gasteiger partial charge in [0.05, 0.1) is 6.54 Å². The molecule has 4 heterocycles. The van der Waals surface area contributed by atoms with Crippen LogP contribution in [0.25, 0.3) is 11.2 Å². The number of imidazole rings is 1. The average molecular weight is 585 g/mol. The lowest BCUT2D eigenvalue weighted by atomic mass is 10.1. The van der Waals surface area contributed by atoms with Gasteiger partial charge in [0.2, 0.25) is 5.95 Å². The molecule has 14 heteroatoms. The van der Waals surface area contributed by atoms with Gasteiger partial charge in [-0.05, 0) is 36.3 Å². The van der Waals surface area contributed by atoms with Crippen molar-refractivity contribution >= 4 is 34.7 Å². The summed E-state index contributed by atoms with van der Waals surface area (Å²) in [6.45, 7) is 7.79. The van der Waals surface area contributed by atoms with Gasteiger partial charge in [0.1, 0.15) is 0 Å². The van der Waals surface area contributed by atoms with Gasteiger partial charge < -0.3 is 15.3 Å². The molecule has 10 nitrogen and oxygen atoms in total. The monoisotopic (exact) mass is 584 g/mol. The molecule has 2 unspecified atom stereocenters. The third-order valence-electron chi connectivity index (χ3n) is 7.37. The van der Waals surface area contributed by atoms with E-state index in [0.29, 0.717) is 47.2 Å². The Hall–Kier alpha value is -3.32. The number of halogens is 4. The molecular formula is C26H32ClF3N6O4. The van der Waals surface area contributed by atoms with Gasteiger partial charge in [-0.3, -0.25) is 18.5 Å². The summed E-state index contributed by atoms with van der Waals surface area (Å²) in [6, 6.07) is 8.02. The van der Waals surface area contributed by atoms with Crippen molar-refractivity contribution in [3.63, 3.8) is 0 Å². The Bertz CT molecular complexity index is 1510. The molecule has 2 saturated heterocycles. The highest BCUT2D eigenvalue weighted by Crippen LogP contribution is 2.33. The van der Waals surface area contributed by atoms with E-state index in [-0.39, 0.29) is 11.2 Å². The second-order valence-corrected chi connectivity index (χ2v) is 10.9. The first-order valence-electron chi connectivity index (χ1n) is 13.0. The fourth-order valence-corrected chi connectivity index (χ4v) is 5.40. The summed E-state index contributed by atoms with van der Waals surface area (Å²) in [6.07, 6.45) is -3.24. The van der Waals surface area contributed by atoms with Crippen LogP contribution >= 0.6 is 11.6 Å². The number of nitrogens with zero attached hydrogens (tertiary/aromatic N) is 5. The fraction of sp³-hybridized carbons (Fsp3) is 0.538. The first-order chi connectivity index (χ1) is 18.8. The Morgan fingerprint density at radius 2 is 1.88 bits per heavy atom. The molecule has 218 valence electrons. The van der Waals surface area contributed by atoms with E-state index in [1.165, 1.54) is 9.13 Å². The molecule has 0 amide bonds. The van der Waals surface area contributed by atoms with Crippen molar-refractivity contribution in [2.24, 2.45) is 18.9 Å². The van der Waals surface area contributed by atoms with Gasteiger partial charge >= 0.3 is 17.8 Å². The second-order valence-electron chi connectivity index (χ2n) is 10.5. The molecule has 2 aliphatic heterocycles. The maximum absolute atomic E-state index is 13.7. The Balaban J connectivity index is 0.000000470. The number of benzene rings is 1. The zero-order chi connectivity index (χ0) is 29.4. The Kier molecular flexibility index (Phi) is 8.64.